The standard InChI is InChI=1S/C19H21ClN4O3S/c1-13-9-10-24(14-5-3-4-6-15(14)28-13)18(25)12-27-19(26)11-23(2)17-8-7-16(20)21-22-17/h3-8,13H,9-12H2,1-2H3/t13-/m1/s1. The number of anilines is 2. The lowest BCUT2D eigenvalue weighted by atomic mass is 10.2. The van der Waals surface area contributed by atoms with Crippen LogP contribution < -0.4 is 9.80 Å². The van der Waals surface area contributed by atoms with E-state index in [1.165, 1.54) is 0 Å². The zero-order chi connectivity index (χ0) is 20.1. The minimum atomic E-state index is -0.515. The van der Waals surface area contributed by atoms with E-state index in [-0.39, 0.29) is 24.2 Å². The van der Waals surface area contributed by atoms with E-state index in [9.17, 15) is 9.59 Å². The van der Waals surface area contributed by atoms with Crippen molar-refractivity contribution in [3.8, 4) is 0 Å². The Labute approximate surface area is 173 Å². The highest BCUT2D eigenvalue weighted by atomic mass is 35.5. The predicted octanol–water partition coefficient (Wildman–Crippen LogP) is 3.03. The number of benzene rings is 1. The van der Waals surface area contributed by atoms with Crippen molar-refractivity contribution in [3.05, 3.63) is 41.6 Å². The van der Waals surface area contributed by atoms with Crippen LogP contribution in [0.4, 0.5) is 11.5 Å². The lowest BCUT2D eigenvalue weighted by Crippen LogP contribution is -2.37. The first kappa shape index (κ1) is 20.4. The molecule has 3 rings (SSSR count). The van der Waals surface area contributed by atoms with E-state index in [0.717, 1.165) is 17.0 Å². The molecule has 2 heterocycles. The molecule has 0 saturated heterocycles. The number of aromatic nitrogens is 2. The van der Waals surface area contributed by atoms with Crippen LogP contribution in [0.1, 0.15) is 13.3 Å². The molecule has 1 aromatic carbocycles. The molecule has 2 aromatic rings. The fourth-order valence-electron chi connectivity index (χ4n) is 2.80. The van der Waals surface area contributed by atoms with Gasteiger partial charge in [0.25, 0.3) is 5.91 Å². The maximum absolute atomic E-state index is 12.7. The normalized spacial score (nSPS) is 16.1. The highest BCUT2D eigenvalue weighted by Gasteiger charge is 2.25. The Bertz CT molecular complexity index is 849. The summed E-state index contributed by atoms with van der Waals surface area (Å²) in [5.74, 6) is -0.261. The second-order valence-corrected chi connectivity index (χ2v) is 8.33. The number of amides is 1. The minimum absolute atomic E-state index is 0.0485. The van der Waals surface area contributed by atoms with Crippen LogP contribution in [-0.4, -0.2) is 54.1 Å². The van der Waals surface area contributed by atoms with Gasteiger partial charge in [-0.25, -0.2) is 0 Å². The summed E-state index contributed by atoms with van der Waals surface area (Å²) in [5, 5.41) is 8.33. The van der Waals surface area contributed by atoms with Gasteiger partial charge >= 0.3 is 5.97 Å². The van der Waals surface area contributed by atoms with Gasteiger partial charge in [0.2, 0.25) is 0 Å². The van der Waals surface area contributed by atoms with Gasteiger partial charge in [-0.05, 0) is 30.7 Å². The van der Waals surface area contributed by atoms with Crippen molar-refractivity contribution in [2.45, 2.75) is 23.5 Å². The van der Waals surface area contributed by atoms with Crippen molar-refractivity contribution in [2.24, 2.45) is 0 Å². The largest absolute Gasteiger partial charge is 0.454 e. The molecule has 1 atom stereocenters. The average molecular weight is 421 g/mol. The number of hydrogen-bond acceptors (Lipinski definition) is 7. The number of likely N-dealkylation sites (N-methyl/N-ethyl adjacent to an activating group) is 1. The number of para-hydroxylation sites is 1. The maximum atomic E-state index is 12.7. The molecular formula is C19H21ClN4O3S. The van der Waals surface area contributed by atoms with Crippen molar-refractivity contribution in [1.82, 2.24) is 10.2 Å². The Morgan fingerprint density at radius 2 is 2.07 bits per heavy atom. The Hall–Kier alpha value is -2.32. The quantitative estimate of drug-likeness (QED) is 0.688. The summed E-state index contributed by atoms with van der Waals surface area (Å²) in [4.78, 5) is 29.2. The molecule has 148 valence electrons. The summed E-state index contributed by atoms with van der Waals surface area (Å²) >= 11 is 7.46. The number of esters is 1. The van der Waals surface area contributed by atoms with E-state index in [2.05, 4.69) is 17.1 Å². The molecule has 1 aliphatic rings. The third kappa shape index (κ3) is 5.14. The summed E-state index contributed by atoms with van der Waals surface area (Å²) in [6.45, 7) is 2.40. The highest BCUT2D eigenvalue weighted by molar-refractivity contribution is 8.00. The van der Waals surface area contributed by atoms with Gasteiger partial charge in [0.15, 0.2) is 17.6 Å². The van der Waals surface area contributed by atoms with Crippen LogP contribution in [0.3, 0.4) is 0 Å². The smallest absolute Gasteiger partial charge is 0.326 e. The molecule has 1 aromatic heterocycles. The third-order valence-corrected chi connectivity index (χ3v) is 5.72. The van der Waals surface area contributed by atoms with E-state index in [1.54, 1.807) is 40.7 Å². The Balaban J connectivity index is 1.57. The van der Waals surface area contributed by atoms with Gasteiger partial charge < -0.3 is 14.5 Å². The van der Waals surface area contributed by atoms with Crippen LogP contribution in [0, 0.1) is 0 Å². The van der Waals surface area contributed by atoms with E-state index >= 15 is 0 Å². The second kappa shape index (κ2) is 9.25. The first-order valence-corrected chi connectivity index (χ1v) is 10.1. The lowest BCUT2D eigenvalue weighted by Gasteiger charge is -2.22. The molecule has 28 heavy (non-hydrogen) atoms. The molecule has 0 aliphatic carbocycles. The number of halogens is 1. The Morgan fingerprint density at radius 1 is 1.29 bits per heavy atom. The summed E-state index contributed by atoms with van der Waals surface area (Å²) < 4.78 is 5.20. The van der Waals surface area contributed by atoms with E-state index < -0.39 is 5.97 Å². The molecule has 0 bridgehead atoms. The molecule has 0 unspecified atom stereocenters. The predicted molar refractivity (Wildman–Crippen MR) is 110 cm³/mol. The molecule has 0 saturated carbocycles. The van der Waals surface area contributed by atoms with Crippen LogP contribution in [0.5, 0.6) is 0 Å². The zero-order valence-corrected chi connectivity index (χ0v) is 17.2. The summed E-state index contributed by atoms with van der Waals surface area (Å²) in [6.07, 6.45) is 0.872. The van der Waals surface area contributed by atoms with Crippen molar-refractivity contribution in [2.75, 3.05) is 36.5 Å². The number of thioether (sulfide) groups is 1. The topological polar surface area (TPSA) is 75.6 Å². The van der Waals surface area contributed by atoms with E-state index in [0.29, 0.717) is 17.6 Å². The minimum Gasteiger partial charge on any atom is -0.454 e. The van der Waals surface area contributed by atoms with Gasteiger partial charge in [0, 0.05) is 23.7 Å². The van der Waals surface area contributed by atoms with Gasteiger partial charge in [-0.1, -0.05) is 30.7 Å². The molecule has 0 spiro atoms. The van der Waals surface area contributed by atoms with Crippen LogP contribution in [0.15, 0.2) is 41.3 Å². The summed E-state index contributed by atoms with van der Waals surface area (Å²) in [6, 6.07) is 11.0. The molecule has 1 aliphatic heterocycles. The molecule has 0 fully saturated rings. The van der Waals surface area contributed by atoms with Crippen LogP contribution in [0.25, 0.3) is 0 Å². The molecule has 0 radical (unpaired) electrons. The molecular weight excluding hydrogens is 400 g/mol. The first-order valence-electron chi connectivity index (χ1n) is 8.86. The first-order chi connectivity index (χ1) is 13.4. The number of ether oxygens (including phenoxy) is 1. The fraction of sp³-hybridized carbons (Fsp3) is 0.368. The Kier molecular flexibility index (Phi) is 6.74. The molecule has 7 nitrogen and oxygen atoms in total. The number of carbonyl (C=O) groups excluding carboxylic acids is 2. The number of rotatable bonds is 5. The van der Waals surface area contributed by atoms with E-state index in [4.69, 9.17) is 16.3 Å². The van der Waals surface area contributed by atoms with Crippen molar-refractivity contribution >= 4 is 46.7 Å². The Morgan fingerprint density at radius 3 is 2.82 bits per heavy atom. The molecule has 1 amide bonds. The monoisotopic (exact) mass is 420 g/mol. The fourth-order valence-corrected chi connectivity index (χ4v) is 4.01. The molecule has 0 N–H and O–H groups in total. The van der Waals surface area contributed by atoms with Gasteiger partial charge in [-0.3, -0.25) is 9.59 Å². The number of carbonyl (C=O) groups is 2. The van der Waals surface area contributed by atoms with Gasteiger partial charge in [0.1, 0.15) is 6.54 Å². The molecule has 9 heteroatoms. The van der Waals surface area contributed by atoms with Crippen molar-refractivity contribution < 1.29 is 14.3 Å². The lowest BCUT2D eigenvalue weighted by molar-refractivity contribution is -0.146. The SMILES string of the molecule is C[C@@H]1CCN(C(=O)COC(=O)CN(C)c2ccc(Cl)nn2)c2ccccc2S1. The van der Waals surface area contributed by atoms with Crippen molar-refractivity contribution in [1.29, 1.82) is 0 Å². The summed E-state index contributed by atoms with van der Waals surface area (Å²) in [7, 11) is 1.69. The average Bonchev–Trinajstić information content (AvgIpc) is 2.84. The van der Waals surface area contributed by atoms with Crippen LogP contribution >= 0.6 is 23.4 Å². The third-order valence-electron chi connectivity index (χ3n) is 4.28. The second-order valence-electron chi connectivity index (χ2n) is 6.46. The van der Waals surface area contributed by atoms with Crippen LogP contribution in [-0.2, 0) is 14.3 Å². The van der Waals surface area contributed by atoms with Crippen LogP contribution in [0.2, 0.25) is 5.15 Å². The number of hydrogen-bond donors (Lipinski definition) is 0. The van der Waals surface area contributed by atoms with Gasteiger partial charge in [-0.2, -0.15) is 0 Å². The number of nitrogens with zero attached hydrogens (tertiary/aromatic N) is 4. The number of fused-ring (bicyclic) bond motifs is 1. The zero-order valence-electron chi connectivity index (χ0n) is 15.7. The summed E-state index contributed by atoms with van der Waals surface area (Å²) in [5.41, 5.74) is 0.867. The van der Waals surface area contributed by atoms with Crippen molar-refractivity contribution in [3.63, 3.8) is 0 Å². The van der Waals surface area contributed by atoms with Gasteiger partial charge in [0.05, 0.1) is 5.69 Å². The van der Waals surface area contributed by atoms with E-state index in [1.807, 2.05) is 24.3 Å². The highest BCUT2D eigenvalue weighted by Crippen LogP contribution is 2.37. The maximum Gasteiger partial charge on any atom is 0.326 e. The van der Waals surface area contributed by atoms with Gasteiger partial charge in [-0.15, -0.1) is 22.0 Å².